The molecule has 0 unspecified atom stereocenters. The Morgan fingerprint density at radius 3 is 2.76 bits per heavy atom. The number of pyridine rings is 1. The summed E-state index contributed by atoms with van der Waals surface area (Å²) in [6, 6.07) is 10.3. The Morgan fingerprint density at radius 1 is 1.24 bits per heavy atom. The second-order valence-corrected chi connectivity index (χ2v) is 4.32. The molecule has 3 N–H and O–H groups in total. The highest BCUT2D eigenvalue weighted by Gasteiger charge is 2.10. The van der Waals surface area contributed by atoms with Gasteiger partial charge in [-0.25, -0.2) is 14.8 Å². The lowest BCUT2D eigenvalue weighted by atomic mass is 10.2. The first-order valence-corrected chi connectivity index (χ1v) is 6.44. The quantitative estimate of drug-likeness (QED) is 0.577. The van der Waals surface area contributed by atoms with Crippen molar-refractivity contribution >= 4 is 22.8 Å². The highest BCUT2D eigenvalue weighted by Crippen LogP contribution is 2.11. The third kappa shape index (κ3) is 3.67. The van der Waals surface area contributed by atoms with E-state index in [1.807, 2.05) is 30.3 Å². The minimum absolute atomic E-state index is 0.0149. The van der Waals surface area contributed by atoms with Crippen molar-refractivity contribution in [2.45, 2.75) is 0 Å². The molecule has 0 radical (unpaired) electrons. The summed E-state index contributed by atoms with van der Waals surface area (Å²) in [5.41, 5.74) is 1.03. The van der Waals surface area contributed by atoms with Crippen LogP contribution in [0.4, 0.5) is 4.79 Å². The average molecular weight is 288 g/mol. The molecule has 0 fully saturated rings. The molecular formula is C14H16N4O3. The van der Waals surface area contributed by atoms with Gasteiger partial charge in [-0.3, -0.25) is 10.0 Å². The summed E-state index contributed by atoms with van der Waals surface area (Å²) >= 11 is 0. The Kier molecular flexibility index (Phi) is 4.68. The summed E-state index contributed by atoms with van der Waals surface area (Å²) in [5, 5.41) is 15.6. The first-order valence-electron chi connectivity index (χ1n) is 6.44. The first kappa shape index (κ1) is 14.7. The molecule has 0 bridgehead atoms. The van der Waals surface area contributed by atoms with Crippen molar-refractivity contribution in [3.05, 3.63) is 42.1 Å². The number of aromatic nitrogens is 1. The molecule has 21 heavy (non-hydrogen) atoms. The van der Waals surface area contributed by atoms with Gasteiger partial charge in [-0.15, -0.1) is 0 Å². The third-order valence-corrected chi connectivity index (χ3v) is 2.89. The van der Waals surface area contributed by atoms with Gasteiger partial charge >= 0.3 is 6.03 Å². The van der Waals surface area contributed by atoms with Crippen LogP contribution in [-0.2, 0) is 0 Å². The maximum atomic E-state index is 11.9. The van der Waals surface area contributed by atoms with Crippen LogP contribution in [-0.4, -0.2) is 47.3 Å². The number of nitrogens with zero attached hydrogens (tertiary/aromatic N) is 2. The molecule has 7 nitrogen and oxygen atoms in total. The van der Waals surface area contributed by atoms with Crippen molar-refractivity contribution in [1.82, 2.24) is 20.7 Å². The third-order valence-electron chi connectivity index (χ3n) is 2.89. The van der Waals surface area contributed by atoms with Crippen molar-refractivity contribution < 1.29 is 14.8 Å². The number of hydroxylamine groups is 2. The van der Waals surface area contributed by atoms with Crippen molar-refractivity contribution in [1.29, 1.82) is 0 Å². The van der Waals surface area contributed by atoms with Gasteiger partial charge in [-0.05, 0) is 12.1 Å². The van der Waals surface area contributed by atoms with E-state index in [1.165, 1.54) is 7.05 Å². The van der Waals surface area contributed by atoms with Gasteiger partial charge in [0.25, 0.3) is 5.91 Å². The Morgan fingerprint density at radius 2 is 2.00 bits per heavy atom. The van der Waals surface area contributed by atoms with Gasteiger partial charge in [-0.1, -0.05) is 24.3 Å². The summed E-state index contributed by atoms with van der Waals surface area (Å²) in [6.45, 7) is 0.107. The predicted molar refractivity (Wildman–Crippen MR) is 77.0 cm³/mol. The van der Waals surface area contributed by atoms with Crippen molar-refractivity contribution in [2.24, 2.45) is 0 Å². The van der Waals surface area contributed by atoms with Gasteiger partial charge in [0.2, 0.25) is 0 Å². The number of carbonyl (C=O) groups excluding carboxylic acids is 2. The fraction of sp³-hybridized carbons (Fsp3) is 0.214. The van der Waals surface area contributed by atoms with Gasteiger partial charge in [0.05, 0.1) is 12.1 Å². The minimum Gasteiger partial charge on any atom is -0.349 e. The molecule has 1 aromatic heterocycles. The number of fused-ring (bicyclic) bond motifs is 1. The second kappa shape index (κ2) is 6.67. The zero-order chi connectivity index (χ0) is 15.2. The second-order valence-electron chi connectivity index (χ2n) is 4.32. The summed E-state index contributed by atoms with van der Waals surface area (Å²) in [4.78, 5) is 27.2. The van der Waals surface area contributed by atoms with Gasteiger partial charge in [0.1, 0.15) is 5.69 Å². The van der Waals surface area contributed by atoms with Crippen LogP contribution >= 0.6 is 0 Å². The Hall–Kier alpha value is -2.67. The zero-order valence-corrected chi connectivity index (χ0v) is 11.5. The molecule has 0 aliphatic carbocycles. The van der Waals surface area contributed by atoms with Crippen molar-refractivity contribution in [3.63, 3.8) is 0 Å². The standard InChI is InChI=1S/C14H16N4O3/c1-15-14(20)18(21)9-8-16-13(19)12-7-6-10-4-2-3-5-11(10)17-12/h2-7,21H,8-9H2,1H3,(H,15,20)(H,16,19). The predicted octanol–water partition coefficient (Wildman–Crippen LogP) is 0.995. The molecule has 0 spiro atoms. The molecular weight excluding hydrogens is 272 g/mol. The SMILES string of the molecule is CNC(=O)N(O)CCNC(=O)c1ccc2ccccc2n1. The van der Waals surface area contributed by atoms with Gasteiger partial charge < -0.3 is 10.6 Å². The molecule has 1 aromatic carbocycles. The Labute approximate surface area is 121 Å². The van der Waals surface area contributed by atoms with E-state index in [1.54, 1.807) is 6.07 Å². The zero-order valence-electron chi connectivity index (χ0n) is 11.5. The maximum Gasteiger partial charge on any atom is 0.340 e. The molecule has 1 heterocycles. The number of benzene rings is 1. The molecule has 2 aromatic rings. The fourth-order valence-electron chi connectivity index (χ4n) is 1.79. The highest BCUT2D eigenvalue weighted by atomic mass is 16.5. The summed E-state index contributed by atoms with van der Waals surface area (Å²) < 4.78 is 0. The number of nitrogens with one attached hydrogen (secondary N) is 2. The fourth-order valence-corrected chi connectivity index (χ4v) is 1.79. The topological polar surface area (TPSA) is 94.6 Å². The number of rotatable bonds is 4. The van der Waals surface area contributed by atoms with Gasteiger partial charge in [0.15, 0.2) is 0 Å². The van der Waals surface area contributed by atoms with Crippen LogP contribution in [0.25, 0.3) is 10.9 Å². The summed E-state index contributed by atoms with van der Waals surface area (Å²) in [6.07, 6.45) is 0. The van der Waals surface area contributed by atoms with E-state index in [0.717, 1.165) is 10.9 Å². The smallest absolute Gasteiger partial charge is 0.340 e. The lowest BCUT2D eigenvalue weighted by molar-refractivity contribution is -0.0407. The monoisotopic (exact) mass is 288 g/mol. The van der Waals surface area contributed by atoms with Gasteiger partial charge in [0, 0.05) is 19.0 Å². The van der Waals surface area contributed by atoms with Gasteiger partial charge in [-0.2, -0.15) is 0 Å². The van der Waals surface area contributed by atoms with E-state index in [2.05, 4.69) is 15.6 Å². The van der Waals surface area contributed by atoms with Crippen molar-refractivity contribution in [3.8, 4) is 0 Å². The molecule has 7 heteroatoms. The number of hydrogen-bond acceptors (Lipinski definition) is 4. The lowest BCUT2D eigenvalue weighted by Gasteiger charge is -2.14. The van der Waals surface area contributed by atoms with Crippen LogP contribution < -0.4 is 10.6 Å². The lowest BCUT2D eigenvalue weighted by Crippen LogP contribution is -2.40. The number of hydrogen-bond donors (Lipinski definition) is 3. The minimum atomic E-state index is -0.631. The van der Waals surface area contributed by atoms with E-state index in [4.69, 9.17) is 0 Å². The maximum absolute atomic E-state index is 11.9. The highest BCUT2D eigenvalue weighted by molar-refractivity contribution is 5.94. The molecule has 0 aliphatic heterocycles. The van der Waals surface area contributed by atoms with Crippen LogP contribution in [0.2, 0.25) is 0 Å². The van der Waals surface area contributed by atoms with E-state index >= 15 is 0 Å². The summed E-state index contributed by atoms with van der Waals surface area (Å²) in [5.74, 6) is -0.356. The Balaban J connectivity index is 1.94. The average Bonchev–Trinajstić information content (AvgIpc) is 2.53. The molecule has 0 aliphatic rings. The molecule has 2 rings (SSSR count). The molecule has 0 atom stereocenters. The normalized spacial score (nSPS) is 10.2. The Bertz CT molecular complexity index is 659. The van der Waals surface area contributed by atoms with E-state index in [-0.39, 0.29) is 24.7 Å². The van der Waals surface area contributed by atoms with Crippen LogP contribution in [0.5, 0.6) is 0 Å². The number of para-hydroxylation sites is 1. The molecule has 3 amide bonds. The van der Waals surface area contributed by atoms with Crippen LogP contribution in [0.15, 0.2) is 36.4 Å². The van der Waals surface area contributed by atoms with E-state index in [0.29, 0.717) is 5.06 Å². The molecule has 110 valence electrons. The molecule has 0 saturated heterocycles. The summed E-state index contributed by atoms with van der Waals surface area (Å²) in [7, 11) is 1.41. The van der Waals surface area contributed by atoms with Crippen LogP contribution in [0, 0.1) is 0 Å². The number of amides is 3. The molecule has 0 saturated carbocycles. The largest absolute Gasteiger partial charge is 0.349 e. The van der Waals surface area contributed by atoms with Crippen LogP contribution in [0.1, 0.15) is 10.5 Å². The van der Waals surface area contributed by atoms with E-state index < -0.39 is 6.03 Å². The van der Waals surface area contributed by atoms with Crippen LogP contribution in [0.3, 0.4) is 0 Å². The number of carbonyl (C=O) groups is 2. The first-order chi connectivity index (χ1) is 10.1. The number of urea groups is 1. The van der Waals surface area contributed by atoms with E-state index in [9.17, 15) is 14.8 Å². The van der Waals surface area contributed by atoms with Crippen molar-refractivity contribution in [2.75, 3.05) is 20.1 Å².